The maximum atomic E-state index is 11.9. The number of hydrogen-bond donors (Lipinski definition) is 1. The van der Waals surface area contributed by atoms with E-state index in [0.717, 1.165) is 31.4 Å². The van der Waals surface area contributed by atoms with Gasteiger partial charge in [-0.05, 0) is 50.7 Å². The van der Waals surface area contributed by atoms with E-state index in [0.29, 0.717) is 24.2 Å². The summed E-state index contributed by atoms with van der Waals surface area (Å²) < 4.78 is 18.1. The highest BCUT2D eigenvalue weighted by Gasteiger charge is 2.43. The fraction of sp³-hybridized carbons (Fsp3) is 0.556. The summed E-state index contributed by atoms with van der Waals surface area (Å²) in [5, 5.41) is 13.8. The van der Waals surface area contributed by atoms with Gasteiger partial charge in [0.15, 0.2) is 11.4 Å². The number of carbonyl (C=O) groups is 1. The molecule has 0 amide bonds. The first-order valence-electron chi connectivity index (χ1n) is 9.11. The third-order valence-electron chi connectivity index (χ3n) is 5.21. The first-order valence-corrected chi connectivity index (χ1v) is 9.11. The van der Waals surface area contributed by atoms with Crippen LogP contribution in [0.3, 0.4) is 0 Å². The quantitative estimate of drug-likeness (QED) is 0.813. The van der Waals surface area contributed by atoms with Gasteiger partial charge < -0.3 is 19.9 Å². The van der Waals surface area contributed by atoms with Crippen molar-refractivity contribution in [2.75, 3.05) is 12.3 Å². The van der Waals surface area contributed by atoms with Crippen molar-refractivity contribution in [3.05, 3.63) is 24.2 Å². The minimum atomic E-state index is -1.19. The summed E-state index contributed by atoms with van der Waals surface area (Å²) in [5.41, 5.74) is 6.13. The normalized spacial score (nSPS) is 25.5. The molecule has 0 radical (unpaired) electrons. The van der Waals surface area contributed by atoms with E-state index >= 15 is 0 Å². The summed E-state index contributed by atoms with van der Waals surface area (Å²) in [7, 11) is 0. The molecule has 1 aliphatic carbocycles. The molecule has 2 N–H and O–H groups in total. The summed E-state index contributed by atoms with van der Waals surface area (Å²) in [6.07, 6.45) is 5.10. The van der Waals surface area contributed by atoms with Gasteiger partial charge in [0, 0.05) is 0 Å². The van der Waals surface area contributed by atoms with Crippen molar-refractivity contribution in [2.24, 2.45) is 0 Å². The van der Waals surface area contributed by atoms with Gasteiger partial charge in [-0.1, -0.05) is 0 Å². The molecule has 142 valence electrons. The summed E-state index contributed by atoms with van der Waals surface area (Å²) in [4.78, 5) is 15.9. The Hall–Kier alpha value is -2.86. The third kappa shape index (κ3) is 3.40. The number of ether oxygens (including phenoxy) is 3. The maximum absolute atomic E-state index is 11.9. The van der Waals surface area contributed by atoms with E-state index < -0.39 is 11.8 Å². The van der Waals surface area contributed by atoms with Crippen molar-refractivity contribution in [2.45, 2.75) is 56.3 Å². The molecule has 9 heteroatoms. The van der Waals surface area contributed by atoms with E-state index in [1.165, 1.54) is 6.33 Å². The largest absolute Gasteiger partial charge is 0.508 e. The molecule has 2 fully saturated rings. The molecule has 27 heavy (non-hydrogen) atoms. The van der Waals surface area contributed by atoms with Crippen LogP contribution in [-0.4, -0.2) is 39.1 Å². The van der Waals surface area contributed by atoms with Crippen LogP contribution in [-0.2, 0) is 14.2 Å². The highest BCUT2D eigenvalue weighted by molar-refractivity contribution is 5.65. The first kappa shape index (κ1) is 17.5. The highest BCUT2D eigenvalue weighted by Crippen LogP contribution is 2.40. The Morgan fingerprint density at radius 2 is 2.22 bits per heavy atom. The zero-order valence-electron chi connectivity index (χ0n) is 14.8. The topological polar surface area (TPSA) is 125 Å². The molecule has 3 heterocycles. The molecular weight excluding hydrogens is 350 g/mol. The van der Waals surface area contributed by atoms with Crippen LogP contribution < -0.4 is 5.73 Å². The Labute approximate surface area is 156 Å². The van der Waals surface area contributed by atoms with Crippen molar-refractivity contribution < 1.29 is 19.0 Å². The molecule has 2 aromatic rings. The lowest BCUT2D eigenvalue weighted by Gasteiger charge is -2.22. The second-order valence-electron chi connectivity index (χ2n) is 7.01. The number of nitriles is 1. The smallest absolute Gasteiger partial charge is 0.431 e. The molecule has 1 aliphatic heterocycles. The number of nitrogens with two attached hydrogens (primary N) is 1. The summed E-state index contributed by atoms with van der Waals surface area (Å²) in [5.74, 6) is 0.374. The van der Waals surface area contributed by atoms with Crippen LogP contribution in [0.1, 0.15) is 50.3 Å². The average Bonchev–Trinajstić information content (AvgIpc) is 3.40. The molecule has 4 rings (SSSR count). The predicted molar refractivity (Wildman–Crippen MR) is 93.5 cm³/mol. The number of aromatic nitrogens is 3. The molecule has 2 aromatic heterocycles. The van der Waals surface area contributed by atoms with Gasteiger partial charge in [-0.2, -0.15) is 10.4 Å². The van der Waals surface area contributed by atoms with Crippen molar-refractivity contribution in [3.8, 4) is 6.07 Å². The third-order valence-corrected chi connectivity index (χ3v) is 5.21. The van der Waals surface area contributed by atoms with Crippen LogP contribution in [0.5, 0.6) is 0 Å². The fourth-order valence-electron chi connectivity index (χ4n) is 3.75. The van der Waals surface area contributed by atoms with Gasteiger partial charge in [0.2, 0.25) is 0 Å². The summed E-state index contributed by atoms with van der Waals surface area (Å²) in [6.45, 7) is -0.161. The highest BCUT2D eigenvalue weighted by atomic mass is 16.7. The van der Waals surface area contributed by atoms with Gasteiger partial charge in [0.05, 0.1) is 5.69 Å². The fourth-order valence-corrected chi connectivity index (χ4v) is 3.75. The van der Waals surface area contributed by atoms with Gasteiger partial charge in [0.25, 0.3) is 0 Å². The maximum Gasteiger partial charge on any atom is 0.508 e. The summed E-state index contributed by atoms with van der Waals surface area (Å²) in [6, 6.07) is 5.83. The van der Waals surface area contributed by atoms with Crippen LogP contribution in [0, 0.1) is 11.3 Å². The Morgan fingerprint density at radius 1 is 1.41 bits per heavy atom. The molecule has 9 nitrogen and oxygen atoms in total. The lowest BCUT2D eigenvalue weighted by molar-refractivity contribution is -0.0600. The predicted octanol–water partition coefficient (Wildman–Crippen LogP) is 2.52. The zero-order valence-corrected chi connectivity index (χ0v) is 14.8. The molecule has 0 unspecified atom stereocenters. The van der Waals surface area contributed by atoms with Crippen LogP contribution in [0.25, 0.3) is 5.52 Å². The molecular formula is C18H21N5O4. The van der Waals surface area contributed by atoms with Crippen LogP contribution >= 0.6 is 0 Å². The SMILES string of the molecule is N#C[C@@]1(COC(=O)OC2CCCC2)CC[C@H](c2ccc3c(N)ncnn23)O1. The standard InChI is InChI=1S/C18H21N5O4/c19-9-18(10-25-17(24)26-12-3-1-2-4-12)8-7-15(27-18)13-5-6-14-16(20)21-11-22-23(13)14/h5-6,11-12,15H,1-4,7-8,10H2,(H2,20,21,22)/t15-,18-/m1/s1. The van der Waals surface area contributed by atoms with Crippen molar-refractivity contribution >= 4 is 17.5 Å². The number of nitrogens with zero attached hydrogens (tertiary/aromatic N) is 4. The lowest BCUT2D eigenvalue weighted by Crippen LogP contribution is -2.34. The van der Waals surface area contributed by atoms with E-state index in [-0.39, 0.29) is 18.8 Å². The van der Waals surface area contributed by atoms with Crippen LogP contribution in [0.2, 0.25) is 0 Å². The number of hydrogen-bond acceptors (Lipinski definition) is 8. The molecule has 0 spiro atoms. The number of nitrogen functional groups attached to an aromatic ring is 1. The van der Waals surface area contributed by atoms with Gasteiger partial charge in [-0.15, -0.1) is 0 Å². The van der Waals surface area contributed by atoms with Gasteiger partial charge >= 0.3 is 6.16 Å². The van der Waals surface area contributed by atoms with E-state index in [1.807, 2.05) is 12.1 Å². The van der Waals surface area contributed by atoms with Crippen molar-refractivity contribution in [1.82, 2.24) is 14.6 Å². The van der Waals surface area contributed by atoms with Crippen molar-refractivity contribution in [1.29, 1.82) is 5.26 Å². The monoisotopic (exact) mass is 371 g/mol. The second kappa shape index (κ2) is 7.04. The average molecular weight is 371 g/mol. The number of rotatable bonds is 4. The van der Waals surface area contributed by atoms with Crippen molar-refractivity contribution in [3.63, 3.8) is 0 Å². The van der Waals surface area contributed by atoms with Gasteiger partial charge in [-0.25, -0.2) is 14.3 Å². The van der Waals surface area contributed by atoms with E-state index in [9.17, 15) is 10.1 Å². The molecule has 0 bridgehead atoms. The van der Waals surface area contributed by atoms with Crippen LogP contribution in [0.15, 0.2) is 18.5 Å². The Bertz CT molecular complexity index is 885. The van der Waals surface area contributed by atoms with E-state index in [4.69, 9.17) is 19.9 Å². The number of anilines is 1. The van der Waals surface area contributed by atoms with E-state index in [1.54, 1.807) is 4.52 Å². The minimum Gasteiger partial charge on any atom is -0.431 e. The Balaban J connectivity index is 1.42. The van der Waals surface area contributed by atoms with Crippen LogP contribution in [0.4, 0.5) is 10.6 Å². The Morgan fingerprint density at radius 3 is 3.00 bits per heavy atom. The molecule has 0 aromatic carbocycles. The molecule has 2 atom stereocenters. The lowest BCUT2D eigenvalue weighted by atomic mass is 10.0. The van der Waals surface area contributed by atoms with Gasteiger partial charge in [-0.3, -0.25) is 0 Å². The molecule has 2 aliphatic rings. The second-order valence-corrected chi connectivity index (χ2v) is 7.01. The minimum absolute atomic E-state index is 0.0787. The molecule has 1 saturated carbocycles. The number of carbonyl (C=O) groups excluding carboxylic acids is 1. The molecule has 1 saturated heterocycles. The number of fused-ring (bicyclic) bond motifs is 1. The zero-order chi connectivity index (χ0) is 18.9. The summed E-state index contributed by atoms with van der Waals surface area (Å²) >= 11 is 0. The van der Waals surface area contributed by atoms with E-state index in [2.05, 4.69) is 16.2 Å². The van der Waals surface area contributed by atoms with Gasteiger partial charge in [0.1, 0.15) is 36.7 Å². The first-order chi connectivity index (χ1) is 13.1. The Kier molecular flexibility index (Phi) is 4.58.